The zero-order valence-corrected chi connectivity index (χ0v) is 16.2. The minimum atomic E-state index is 0.673. The Morgan fingerprint density at radius 3 is 2.72 bits per heavy atom. The lowest BCUT2D eigenvalue weighted by molar-refractivity contribution is 0.122. The van der Waals surface area contributed by atoms with Crippen LogP contribution in [0, 0.1) is 0 Å². The standard InChI is InChI=1S/C20H25BrN2O2/c1-22(9-14-25-19-7-4-6-18(21)15-19)16-17-5-2-3-8-20(17)23-10-12-24-13-11-23/h2-8,15H,9-14,16H2,1H3. The summed E-state index contributed by atoms with van der Waals surface area (Å²) in [5, 5.41) is 0. The fourth-order valence-corrected chi connectivity index (χ4v) is 3.38. The number of para-hydroxylation sites is 1. The van der Waals surface area contributed by atoms with Crippen molar-refractivity contribution in [2.24, 2.45) is 0 Å². The SMILES string of the molecule is CN(CCOc1cccc(Br)c1)Cc1ccccc1N1CCOCC1. The van der Waals surface area contributed by atoms with Crippen LogP contribution in [0.5, 0.6) is 5.75 Å². The van der Waals surface area contributed by atoms with Crippen LogP contribution in [-0.4, -0.2) is 51.4 Å². The highest BCUT2D eigenvalue weighted by atomic mass is 79.9. The van der Waals surface area contributed by atoms with Crippen molar-refractivity contribution in [3.05, 3.63) is 58.6 Å². The second kappa shape index (κ2) is 9.22. The molecule has 25 heavy (non-hydrogen) atoms. The second-order valence-corrected chi connectivity index (χ2v) is 7.19. The summed E-state index contributed by atoms with van der Waals surface area (Å²) in [5.74, 6) is 0.900. The van der Waals surface area contributed by atoms with Gasteiger partial charge in [0.25, 0.3) is 0 Å². The highest BCUT2D eigenvalue weighted by Gasteiger charge is 2.15. The van der Waals surface area contributed by atoms with Gasteiger partial charge in [-0.15, -0.1) is 0 Å². The molecule has 0 aliphatic carbocycles. The summed E-state index contributed by atoms with van der Waals surface area (Å²) in [5.41, 5.74) is 2.68. The Balaban J connectivity index is 1.53. The molecule has 3 rings (SSSR count). The minimum absolute atomic E-state index is 0.673. The molecule has 5 heteroatoms. The van der Waals surface area contributed by atoms with E-state index in [1.165, 1.54) is 11.3 Å². The van der Waals surface area contributed by atoms with E-state index in [1.54, 1.807) is 0 Å². The first kappa shape index (κ1) is 18.2. The Bertz CT molecular complexity index is 674. The van der Waals surface area contributed by atoms with Crippen LogP contribution in [0.4, 0.5) is 5.69 Å². The zero-order chi connectivity index (χ0) is 17.5. The molecular formula is C20H25BrN2O2. The Morgan fingerprint density at radius 1 is 1.12 bits per heavy atom. The lowest BCUT2D eigenvalue weighted by Crippen LogP contribution is -2.37. The summed E-state index contributed by atoms with van der Waals surface area (Å²) in [6, 6.07) is 16.6. The van der Waals surface area contributed by atoms with Gasteiger partial charge in [0.15, 0.2) is 0 Å². The van der Waals surface area contributed by atoms with Crippen molar-refractivity contribution in [3.8, 4) is 5.75 Å². The number of hydrogen-bond acceptors (Lipinski definition) is 4. The molecule has 1 heterocycles. The highest BCUT2D eigenvalue weighted by Crippen LogP contribution is 2.23. The normalized spacial score (nSPS) is 14.8. The van der Waals surface area contributed by atoms with Gasteiger partial charge in [0.2, 0.25) is 0 Å². The first-order valence-corrected chi connectivity index (χ1v) is 9.49. The fourth-order valence-electron chi connectivity index (χ4n) is 3.00. The number of benzene rings is 2. The number of ether oxygens (including phenoxy) is 2. The number of hydrogen-bond donors (Lipinski definition) is 0. The van der Waals surface area contributed by atoms with Crippen molar-refractivity contribution < 1.29 is 9.47 Å². The summed E-state index contributed by atoms with van der Waals surface area (Å²) in [6.45, 7) is 6.01. The van der Waals surface area contributed by atoms with E-state index < -0.39 is 0 Å². The average Bonchev–Trinajstić information content (AvgIpc) is 2.63. The van der Waals surface area contributed by atoms with Crippen molar-refractivity contribution in [2.45, 2.75) is 6.54 Å². The van der Waals surface area contributed by atoms with Crippen LogP contribution in [0.1, 0.15) is 5.56 Å². The van der Waals surface area contributed by atoms with Gasteiger partial charge in [-0.3, -0.25) is 4.90 Å². The molecular weight excluding hydrogens is 380 g/mol. The van der Waals surface area contributed by atoms with Gasteiger partial charge in [0, 0.05) is 36.3 Å². The van der Waals surface area contributed by atoms with Crippen molar-refractivity contribution in [1.29, 1.82) is 0 Å². The molecule has 0 unspecified atom stereocenters. The maximum Gasteiger partial charge on any atom is 0.120 e. The highest BCUT2D eigenvalue weighted by molar-refractivity contribution is 9.10. The molecule has 1 aliphatic heterocycles. The zero-order valence-electron chi connectivity index (χ0n) is 14.7. The topological polar surface area (TPSA) is 24.9 Å². The molecule has 134 valence electrons. The van der Waals surface area contributed by atoms with E-state index in [0.717, 1.165) is 49.6 Å². The Kier molecular flexibility index (Phi) is 6.73. The predicted octanol–water partition coefficient (Wildman–Crippen LogP) is 3.80. The largest absolute Gasteiger partial charge is 0.492 e. The van der Waals surface area contributed by atoms with E-state index in [4.69, 9.17) is 9.47 Å². The number of anilines is 1. The number of nitrogens with zero attached hydrogens (tertiary/aromatic N) is 2. The lowest BCUT2D eigenvalue weighted by atomic mass is 10.1. The third-order valence-electron chi connectivity index (χ3n) is 4.32. The van der Waals surface area contributed by atoms with Crippen LogP contribution >= 0.6 is 15.9 Å². The molecule has 1 fully saturated rings. The van der Waals surface area contributed by atoms with Crippen molar-refractivity contribution in [1.82, 2.24) is 4.90 Å². The number of morpholine rings is 1. The third-order valence-corrected chi connectivity index (χ3v) is 4.81. The summed E-state index contributed by atoms with van der Waals surface area (Å²) >= 11 is 3.47. The van der Waals surface area contributed by atoms with Gasteiger partial charge in [-0.2, -0.15) is 0 Å². The molecule has 0 radical (unpaired) electrons. The minimum Gasteiger partial charge on any atom is -0.492 e. The number of rotatable bonds is 7. The molecule has 4 nitrogen and oxygen atoms in total. The molecule has 1 saturated heterocycles. The van der Waals surface area contributed by atoms with E-state index in [2.05, 4.69) is 57.0 Å². The van der Waals surface area contributed by atoms with Crippen LogP contribution in [0.3, 0.4) is 0 Å². The van der Waals surface area contributed by atoms with E-state index in [0.29, 0.717) is 6.61 Å². The maximum atomic E-state index is 5.84. The third kappa shape index (κ3) is 5.46. The van der Waals surface area contributed by atoms with Crippen molar-refractivity contribution in [2.75, 3.05) is 51.4 Å². The van der Waals surface area contributed by atoms with E-state index in [1.807, 2.05) is 24.3 Å². The predicted molar refractivity (Wildman–Crippen MR) is 105 cm³/mol. The van der Waals surface area contributed by atoms with Crippen LogP contribution in [0.2, 0.25) is 0 Å². The van der Waals surface area contributed by atoms with E-state index >= 15 is 0 Å². The average molecular weight is 405 g/mol. The van der Waals surface area contributed by atoms with E-state index in [9.17, 15) is 0 Å². The van der Waals surface area contributed by atoms with Gasteiger partial charge in [-0.25, -0.2) is 0 Å². The van der Waals surface area contributed by atoms with Gasteiger partial charge in [-0.05, 0) is 36.9 Å². The molecule has 1 aliphatic rings. The number of halogens is 1. The van der Waals surface area contributed by atoms with Crippen molar-refractivity contribution in [3.63, 3.8) is 0 Å². The Labute approximate surface area is 158 Å². The molecule has 0 aromatic heterocycles. The molecule has 0 saturated carbocycles. The molecule has 2 aromatic carbocycles. The summed E-state index contributed by atoms with van der Waals surface area (Å²) < 4.78 is 12.4. The molecule has 0 N–H and O–H groups in total. The smallest absolute Gasteiger partial charge is 0.120 e. The Hall–Kier alpha value is -1.56. The van der Waals surface area contributed by atoms with Crippen LogP contribution < -0.4 is 9.64 Å². The monoisotopic (exact) mass is 404 g/mol. The van der Waals surface area contributed by atoms with Crippen LogP contribution in [-0.2, 0) is 11.3 Å². The van der Waals surface area contributed by atoms with Gasteiger partial charge in [0.1, 0.15) is 12.4 Å². The Morgan fingerprint density at radius 2 is 1.92 bits per heavy atom. The number of likely N-dealkylation sites (N-methyl/N-ethyl adjacent to an activating group) is 1. The van der Waals surface area contributed by atoms with Gasteiger partial charge in [-0.1, -0.05) is 40.2 Å². The maximum absolute atomic E-state index is 5.84. The van der Waals surface area contributed by atoms with Crippen LogP contribution in [0.25, 0.3) is 0 Å². The summed E-state index contributed by atoms with van der Waals surface area (Å²) in [7, 11) is 2.14. The molecule has 0 spiro atoms. The molecule has 0 bridgehead atoms. The van der Waals surface area contributed by atoms with Gasteiger partial charge in [0.05, 0.1) is 13.2 Å². The lowest BCUT2D eigenvalue weighted by Gasteiger charge is -2.31. The van der Waals surface area contributed by atoms with Gasteiger partial charge >= 0.3 is 0 Å². The van der Waals surface area contributed by atoms with Crippen molar-refractivity contribution >= 4 is 21.6 Å². The van der Waals surface area contributed by atoms with Gasteiger partial charge < -0.3 is 14.4 Å². The van der Waals surface area contributed by atoms with Crippen LogP contribution in [0.15, 0.2) is 53.0 Å². The summed E-state index contributed by atoms with van der Waals surface area (Å²) in [4.78, 5) is 4.72. The fraction of sp³-hybridized carbons (Fsp3) is 0.400. The first-order chi connectivity index (χ1) is 12.2. The van der Waals surface area contributed by atoms with E-state index in [-0.39, 0.29) is 0 Å². The quantitative estimate of drug-likeness (QED) is 0.700. The molecule has 2 aromatic rings. The summed E-state index contributed by atoms with van der Waals surface area (Å²) in [6.07, 6.45) is 0. The second-order valence-electron chi connectivity index (χ2n) is 6.27. The molecule has 0 atom stereocenters. The first-order valence-electron chi connectivity index (χ1n) is 8.70. The molecule has 0 amide bonds.